The summed E-state index contributed by atoms with van der Waals surface area (Å²) in [7, 11) is 0. The lowest BCUT2D eigenvalue weighted by Crippen LogP contribution is -2.38. The molecule has 0 bridgehead atoms. The van der Waals surface area contributed by atoms with E-state index in [0.717, 1.165) is 0 Å². The van der Waals surface area contributed by atoms with Crippen LogP contribution in [0.4, 0.5) is 13.2 Å². The lowest BCUT2D eigenvalue weighted by Gasteiger charge is -2.31. The minimum absolute atomic E-state index is 0.00760. The van der Waals surface area contributed by atoms with E-state index in [9.17, 15) is 22.8 Å². The number of piperidine rings is 1. The summed E-state index contributed by atoms with van der Waals surface area (Å²) < 4.78 is 42.2. The third-order valence-electron chi connectivity index (χ3n) is 4.84. The van der Waals surface area contributed by atoms with Gasteiger partial charge in [0.05, 0.1) is 11.7 Å². The van der Waals surface area contributed by atoms with Gasteiger partial charge in [-0.3, -0.25) is 14.7 Å². The van der Waals surface area contributed by atoms with Gasteiger partial charge in [0, 0.05) is 37.0 Å². The molecule has 0 unspecified atom stereocenters. The second kappa shape index (κ2) is 9.36. The molecule has 0 aromatic carbocycles. The fourth-order valence-corrected chi connectivity index (χ4v) is 3.33. The van der Waals surface area contributed by atoms with Crippen LogP contribution in [-0.4, -0.2) is 63.8 Å². The van der Waals surface area contributed by atoms with Crippen molar-refractivity contribution in [1.29, 1.82) is 0 Å². The van der Waals surface area contributed by atoms with E-state index in [4.69, 9.17) is 4.74 Å². The Bertz CT molecular complexity index is 904. The number of hydrogen-bond donors (Lipinski definition) is 2. The standard InChI is InChI=1S/C20H24F3N5O3/c1-12(2)31-17-4-3-14(10-24-17)19(30)28-7-5-13(6-8-28)15-9-16(27-26-15)18(29)25-11-20(21,22)23/h3-4,9-10,12-13H,5-8,11H2,1-2H3,(H,25,29)(H,26,27). The summed E-state index contributed by atoms with van der Waals surface area (Å²) in [5.74, 6) is -0.524. The van der Waals surface area contributed by atoms with Gasteiger partial charge in [-0.05, 0) is 38.8 Å². The third-order valence-corrected chi connectivity index (χ3v) is 4.84. The minimum atomic E-state index is -4.48. The van der Waals surface area contributed by atoms with Crippen LogP contribution >= 0.6 is 0 Å². The lowest BCUT2D eigenvalue weighted by atomic mass is 9.93. The van der Waals surface area contributed by atoms with Gasteiger partial charge in [0.1, 0.15) is 12.2 Å². The molecule has 2 aromatic rings. The third kappa shape index (κ3) is 6.19. The van der Waals surface area contributed by atoms with E-state index in [2.05, 4.69) is 15.2 Å². The predicted octanol–water partition coefficient (Wildman–Crippen LogP) is 2.90. The van der Waals surface area contributed by atoms with Crippen LogP contribution in [0.3, 0.4) is 0 Å². The highest BCUT2D eigenvalue weighted by molar-refractivity contribution is 5.94. The van der Waals surface area contributed by atoms with Crippen LogP contribution in [0.1, 0.15) is 59.1 Å². The Morgan fingerprint density at radius 2 is 2.00 bits per heavy atom. The summed E-state index contributed by atoms with van der Waals surface area (Å²) in [5, 5.41) is 8.34. The Balaban J connectivity index is 1.53. The molecule has 168 valence electrons. The highest BCUT2D eigenvalue weighted by atomic mass is 19.4. The van der Waals surface area contributed by atoms with Crippen LogP contribution in [0.25, 0.3) is 0 Å². The quantitative estimate of drug-likeness (QED) is 0.721. The number of hydrogen-bond acceptors (Lipinski definition) is 5. The van der Waals surface area contributed by atoms with Crippen molar-refractivity contribution in [2.75, 3.05) is 19.6 Å². The molecule has 1 aliphatic heterocycles. The highest BCUT2D eigenvalue weighted by Gasteiger charge is 2.29. The van der Waals surface area contributed by atoms with E-state index in [-0.39, 0.29) is 23.6 Å². The molecule has 1 aliphatic rings. The van der Waals surface area contributed by atoms with Crippen LogP contribution in [-0.2, 0) is 0 Å². The Labute approximate surface area is 177 Å². The first-order valence-electron chi connectivity index (χ1n) is 9.94. The van der Waals surface area contributed by atoms with Gasteiger partial charge in [0.2, 0.25) is 5.88 Å². The molecule has 3 rings (SSSR count). The summed E-state index contributed by atoms with van der Waals surface area (Å²) >= 11 is 0. The molecule has 1 saturated heterocycles. The SMILES string of the molecule is CC(C)Oc1ccc(C(=O)N2CCC(c3cc(C(=O)NCC(F)(F)F)n[nH]3)CC2)cn1. The number of H-pyrrole nitrogens is 1. The van der Waals surface area contributed by atoms with Crippen LogP contribution in [0.5, 0.6) is 5.88 Å². The summed E-state index contributed by atoms with van der Waals surface area (Å²) in [6, 6.07) is 4.81. The maximum Gasteiger partial charge on any atom is 0.405 e. The first-order valence-corrected chi connectivity index (χ1v) is 9.94. The number of ether oxygens (including phenoxy) is 1. The van der Waals surface area contributed by atoms with Gasteiger partial charge in [0.15, 0.2) is 0 Å². The normalized spacial score (nSPS) is 15.2. The molecule has 0 saturated carbocycles. The van der Waals surface area contributed by atoms with Crippen molar-refractivity contribution in [1.82, 2.24) is 25.4 Å². The number of rotatable bonds is 6. The molecule has 0 spiro atoms. The fourth-order valence-electron chi connectivity index (χ4n) is 3.33. The number of amides is 2. The van der Waals surface area contributed by atoms with Crippen LogP contribution in [0, 0.1) is 0 Å². The second-order valence-corrected chi connectivity index (χ2v) is 7.62. The van der Waals surface area contributed by atoms with Crippen molar-refractivity contribution in [2.45, 2.75) is 44.9 Å². The number of likely N-dealkylation sites (tertiary alicyclic amines) is 1. The molecule has 11 heteroatoms. The molecule has 3 heterocycles. The summed E-state index contributed by atoms with van der Waals surface area (Å²) in [6.45, 7) is 3.38. The van der Waals surface area contributed by atoms with E-state index in [1.54, 1.807) is 22.3 Å². The maximum absolute atomic E-state index is 12.7. The molecule has 2 aromatic heterocycles. The number of carbonyl (C=O) groups is 2. The fraction of sp³-hybridized carbons (Fsp3) is 0.500. The van der Waals surface area contributed by atoms with Gasteiger partial charge in [-0.25, -0.2) is 4.98 Å². The average Bonchev–Trinajstić information content (AvgIpc) is 3.21. The van der Waals surface area contributed by atoms with E-state index >= 15 is 0 Å². The summed E-state index contributed by atoms with van der Waals surface area (Å²) in [5.41, 5.74) is 1.05. The summed E-state index contributed by atoms with van der Waals surface area (Å²) in [4.78, 5) is 30.4. The molecule has 2 amide bonds. The molecule has 31 heavy (non-hydrogen) atoms. The zero-order chi connectivity index (χ0) is 22.6. The second-order valence-electron chi connectivity index (χ2n) is 7.62. The largest absolute Gasteiger partial charge is 0.475 e. The van der Waals surface area contributed by atoms with Crippen molar-refractivity contribution in [2.24, 2.45) is 0 Å². The van der Waals surface area contributed by atoms with Crippen molar-refractivity contribution < 1.29 is 27.5 Å². The van der Waals surface area contributed by atoms with E-state index in [1.807, 2.05) is 13.8 Å². The lowest BCUT2D eigenvalue weighted by molar-refractivity contribution is -0.123. The number of pyridine rings is 1. The number of halogens is 3. The van der Waals surface area contributed by atoms with Crippen LogP contribution in [0.15, 0.2) is 24.4 Å². The smallest absolute Gasteiger partial charge is 0.405 e. The number of alkyl halides is 3. The monoisotopic (exact) mass is 439 g/mol. The molecule has 8 nitrogen and oxygen atoms in total. The molecule has 1 fully saturated rings. The molecular formula is C20H24F3N5O3. The van der Waals surface area contributed by atoms with Crippen molar-refractivity contribution in [3.05, 3.63) is 41.3 Å². The van der Waals surface area contributed by atoms with Gasteiger partial charge in [-0.15, -0.1) is 0 Å². The Morgan fingerprint density at radius 1 is 1.29 bits per heavy atom. The van der Waals surface area contributed by atoms with Crippen LogP contribution in [0.2, 0.25) is 0 Å². The predicted molar refractivity (Wildman–Crippen MR) is 105 cm³/mol. The number of nitrogens with zero attached hydrogens (tertiary/aromatic N) is 3. The molecule has 0 radical (unpaired) electrons. The Kier molecular flexibility index (Phi) is 6.81. The van der Waals surface area contributed by atoms with E-state index in [0.29, 0.717) is 43.1 Å². The molecule has 0 atom stereocenters. The Morgan fingerprint density at radius 3 is 2.58 bits per heavy atom. The van der Waals surface area contributed by atoms with Gasteiger partial charge >= 0.3 is 6.18 Å². The number of aromatic nitrogens is 3. The summed E-state index contributed by atoms with van der Waals surface area (Å²) in [6.07, 6.45) is -1.72. The highest BCUT2D eigenvalue weighted by Crippen LogP contribution is 2.28. The van der Waals surface area contributed by atoms with Gasteiger partial charge in [0.25, 0.3) is 11.8 Å². The van der Waals surface area contributed by atoms with Gasteiger partial charge in [-0.1, -0.05) is 0 Å². The van der Waals surface area contributed by atoms with E-state index < -0.39 is 18.6 Å². The number of carbonyl (C=O) groups excluding carboxylic acids is 2. The average molecular weight is 439 g/mol. The zero-order valence-electron chi connectivity index (χ0n) is 17.2. The topological polar surface area (TPSA) is 100 Å². The van der Waals surface area contributed by atoms with Gasteiger partial charge in [-0.2, -0.15) is 18.3 Å². The van der Waals surface area contributed by atoms with E-state index in [1.165, 1.54) is 12.3 Å². The zero-order valence-corrected chi connectivity index (χ0v) is 17.2. The first-order chi connectivity index (χ1) is 14.6. The molecular weight excluding hydrogens is 415 g/mol. The minimum Gasteiger partial charge on any atom is -0.475 e. The van der Waals surface area contributed by atoms with Gasteiger partial charge < -0.3 is 15.0 Å². The van der Waals surface area contributed by atoms with Crippen molar-refractivity contribution in [3.8, 4) is 5.88 Å². The Hall–Kier alpha value is -3.11. The number of aromatic amines is 1. The van der Waals surface area contributed by atoms with Crippen molar-refractivity contribution >= 4 is 11.8 Å². The first kappa shape index (κ1) is 22.6. The number of nitrogens with one attached hydrogen (secondary N) is 2. The molecule has 2 N–H and O–H groups in total. The van der Waals surface area contributed by atoms with Crippen LogP contribution < -0.4 is 10.1 Å². The maximum atomic E-state index is 12.7. The van der Waals surface area contributed by atoms with Crippen molar-refractivity contribution in [3.63, 3.8) is 0 Å². The molecule has 0 aliphatic carbocycles.